The van der Waals surface area contributed by atoms with Crippen LogP contribution in [-0.2, 0) is 14.4 Å². The first-order valence-corrected chi connectivity index (χ1v) is 7.12. The Balaban J connectivity index is 1.95. The molecule has 0 aliphatic carbocycles. The van der Waals surface area contributed by atoms with Crippen LogP contribution in [0.25, 0.3) is 0 Å². The van der Waals surface area contributed by atoms with Crippen molar-refractivity contribution in [3.63, 3.8) is 0 Å². The van der Waals surface area contributed by atoms with Gasteiger partial charge in [0.2, 0.25) is 5.91 Å². The van der Waals surface area contributed by atoms with E-state index in [2.05, 4.69) is 16.0 Å². The van der Waals surface area contributed by atoms with Crippen LogP contribution in [0.2, 0.25) is 0 Å². The van der Waals surface area contributed by atoms with E-state index in [0.717, 1.165) is 0 Å². The zero-order chi connectivity index (χ0) is 17.5. The number of carbonyl (C=O) groups is 3. The van der Waals surface area contributed by atoms with Crippen molar-refractivity contribution in [3.05, 3.63) is 48.5 Å². The molecule has 2 rings (SSSR count). The molecule has 24 heavy (non-hydrogen) atoms. The summed E-state index contributed by atoms with van der Waals surface area (Å²) in [6.07, 6.45) is 0. The van der Waals surface area contributed by atoms with Crippen molar-refractivity contribution < 1.29 is 19.1 Å². The van der Waals surface area contributed by atoms with Crippen molar-refractivity contribution >= 4 is 34.8 Å². The molecule has 0 heterocycles. The molecule has 0 aromatic heterocycles. The summed E-state index contributed by atoms with van der Waals surface area (Å²) in [7, 11) is 1.51. The zero-order valence-electron chi connectivity index (χ0n) is 13.3. The van der Waals surface area contributed by atoms with Gasteiger partial charge in [-0.2, -0.15) is 0 Å². The first-order chi connectivity index (χ1) is 11.5. The average molecular weight is 327 g/mol. The number of hydrogen-bond donors (Lipinski definition) is 3. The van der Waals surface area contributed by atoms with E-state index in [1.54, 1.807) is 48.5 Å². The summed E-state index contributed by atoms with van der Waals surface area (Å²) in [6, 6.07) is 13.1. The topological polar surface area (TPSA) is 96.5 Å². The average Bonchev–Trinajstić information content (AvgIpc) is 2.56. The first-order valence-electron chi connectivity index (χ1n) is 7.12. The monoisotopic (exact) mass is 327 g/mol. The van der Waals surface area contributed by atoms with Crippen molar-refractivity contribution in [2.45, 2.75) is 6.92 Å². The second-order valence-corrected chi connectivity index (χ2v) is 4.90. The van der Waals surface area contributed by atoms with Gasteiger partial charge in [-0.1, -0.05) is 6.07 Å². The zero-order valence-corrected chi connectivity index (χ0v) is 13.3. The van der Waals surface area contributed by atoms with E-state index >= 15 is 0 Å². The van der Waals surface area contributed by atoms with Crippen molar-refractivity contribution in [2.75, 3.05) is 23.1 Å². The molecule has 0 radical (unpaired) electrons. The molecule has 0 aliphatic rings. The standard InChI is InChI=1S/C17H17N3O4/c1-11(21)18-12-6-8-13(9-7-12)19-16(22)17(23)20-14-4-3-5-15(10-14)24-2/h3-10H,1-2H3,(H,18,21)(H,19,22)(H,20,23). The van der Waals surface area contributed by atoms with E-state index in [4.69, 9.17) is 4.74 Å². The predicted octanol–water partition coefficient (Wildman–Crippen LogP) is 2.23. The Hall–Kier alpha value is -3.35. The fourth-order valence-electron chi connectivity index (χ4n) is 1.92. The maximum Gasteiger partial charge on any atom is 0.314 e. The normalized spacial score (nSPS) is 9.75. The van der Waals surface area contributed by atoms with Crippen molar-refractivity contribution in [1.29, 1.82) is 0 Å². The van der Waals surface area contributed by atoms with E-state index in [-0.39, 0.29) is 5.91 Å². The van der Waals surface area contributed by atoms with E-state index in [0.29, 0.717) is 22.8 Å². The van der Waals surface area contributed by atoms with Crippen LogP contribution in [0, 0.1) is 0 Å². The smallest absolute Gasteiger partial charge is 0.314 e. The van der Waals surface area contributed by atoms with Gasteiger partial charge in [-0.15, -0.1) is 0 Å². The molecule has 7 heteroatoms. The number of carbonyl (C=O) groups excluding carboxylic acids is 3. The van der Waals surface area contributed by atoms with Crippen LogP contribution in [0.3, 0.4) is 0 Å². The second-order valence-electron chi connectivity index (χ2n) is 4.90. The lowest BCUT2D eigenvalue weighted by Gasteiger charge is -2.08. The molecule has 3 N–H and O–H groups in total. The molecule has 124 valence electrons. The van der Waals surface area contributed by atoms with Crippen LogP contribution >= 0.6 is 0 Å². The fourth-order valence-corrected chi connectivity index (χ4v) is 1.92. The Morgan fingerprint density at radius 2 is 1.33 bits per heavy atom. The minimum absolute atomic E-state index is 0.190. The summed E-state index contributed by atoms with van der Waals surface area (Å²) in [4.78, 5) is 34.8. The number of amides is 3. The van der Waals surface area contributed by atoms with Gasteiger partial charge in [-0.3, -0.25) is 14.4 Å². The van der Waals surface area contributed by atoms with E-state index in [1.165, 1.54) is 14.0 Å². The van der Waals surface area contributed by atoms with Gasteiger partial charge < -0.3 is 20.7 Å². The minimum atomic E-state index is -0.801. The first kappa shape index (κ1) is 17.0. The third-order valence-electron chi connectivity index (χ3n) is 3.00. The molecule has 0 fully saturated rings. The number of methoxy groups -OCH3 is 1. The second kappa shape index (κ2) is 7.77. The van der Waals surface area contributed by atoms with Crippen LogP contribution < -0.4 is 20.7 Å². The highest BCUT2D eigenvalue weighted by molar-refractivity contribution is 6.43. The van der Waals surface area contributed by atoms with Crippen LogP contribution in [-0.4, -0.2) is 24.8 Å². The molecule has 0 aliphatic heterocycles. The molecule has 3 amide bonds. The van der Waals surface area contributed by atoms with E-state index < -0.39 is 11.8 Å². The highest BCUT2D eigenvalue weighted by atomic mass is 16.5. The molecule has 7 nitrogen and oxygen atoms in total. The maximum absolute atomic E-state index is 11.9. The predicted molar refractivity (Wildman–Crippen MR) is 91.0 cm³/mol. The number of rotatable bonds is 4. The third-order valence-corrected chi connectivity index (χ3v) is 3.00. The summed E-state index contributed by atoms with van der Waals surface area (Å²) in [5, 5.41) is 7.57. The quantitative estimate of drug-likeness (QED) is 0.750. The van der Waals surface area contributed by atoms with Crippen LogP contribution in [0.4, 0.5) is 17.1 Å². The van der Waals surface area contributed by atoms with Gasteiger partial charge in [0.1, 0.15) is 5.75 Å². The largest absolute Gasteiger partial charge is 0.497 e. The Bertz CT molecular complexity index is 757. The minimum Gasteiger partial charge on any atom is -0.497 e. The van der Waals surface area contributed by atoms with Gasteiger partial charge in [0.15, 0.2) is 0 Å². The van der Waals surface area contributed by atoms with E-state index in [9.17, 15) is 14.4 Å². The lowest BCUT2D eigenvalue weighted by atomic mass is 10.2. The highest BCUT2D eigenvalue weighted by Gasteiger charge is 2.14. The van der Waals surface area contributed by atoms with Gasteiger partial charge in [-0.25, -0.2) is 0 Å². The summed E-state index contributed by atoms with van der Waals surface area (Å²) in [5.74, 6) is -1.22. The molecular formula is C17H17N3O4. The lowest BCUT2D eigenvalue weighted by molar-refractivity contribution is -0.132. The molecule has 2 aromatic carbocycles. The number of nitrogens with one attached hydrogen (secondary N) is 3. The Morgan fingerprint density at radius 3 is 1.88 bits per heavy atom. The Morgan fingerprint density at radius 1 is 0.792 bits per heavy atom. The summed E-state index contributed by atoms with van der Waals surface area (Å²) < 4.78 is 5.05. The number of ether oxygens (including phenoxy) is 1. The van der Waals surface area contributed by atoms with E-state index in [1.807, 2.05) is 0 Å². The molecule has 0 spiro atoms. The lowest BCUT2D eigenvalue weighted by Crippen LogP contribution is -2.29. The SMILES string of the molecule is COc1cccc(NC(=O)C(=O)Nc2ccc(NC(C)=O)cc2)c1. The molecule has 0 saturated carbocycles. The number of hydrogen-bond acceptors (Lipinski definition) is 4. The summed E-state index contributed by atoms with van der Waals surface area (Å²) in [5.41, 5.74) is 1.49. The molecule has 0 atom stereocenters. The van der Waals surface area contributed by atoms with Crippen LogP contribution in [0.1, 0.15) is 6.92 Å². The van der Waals surface area contributed by atoms with Crippen molar-refractivity contribution in [3.8, 4) is 5.75 Å². The van der Waals surface area contributed by atoms with Crippen molar-refractivity contribution in [1.82, 2.24) is 0 Å². The Labute approximate surface area is 139 Å². The van der Waals surface area contributed by atoms with Crippen molar-refractivity contribution in [2.24, 2.45) is 0 Å². The molecule has 0 saturated heterocycles. The van der Waals surface area contributed by atoms with Crippen LogP contribution in [0.5, 0.6) is 5.75 Å². The third kappa shape index (κ3) is 4.84. The molecule has 2 aromatic rings. The number of benzene rings is 2. The maximum atomic E-state index is 11.9. The molecule has 0 unspecified atom stereocenters. The summed E-state index contributed by atoms with van der Waals surface area (Å²) >= 11 is 0. The van der Waals surface area contributed by atoms with Gasteiger partial charge in [-0.05, 0) is 36.4 Å². The number of anilines is 3. The fraction of sp³-hybridized carbons (Fsp3) is 0.118. The molecular weight excluding hydrogens is 310 g/mol. The Kier molecular flexibility index (Phi) is 5.51. The highest BCUT2D eigenvalue weighted by Crippen LogP contribution is 2.17. The van der Waals surface area contributed by atoms with Gasteiger partial charge in [0.05, 0.1) is 7.11 Å². The summed E-state index contributed by atoms with van der Waals surface area (Å²) in [6.45, 7) is 1.40. The van der Waals surface area contributed by atoms with Gasteiger partial charge >= 0.3 is 11.8 Å². The molecule has 0 bridgehead atoms. The van der Waals surface area contributed by atoms with Gasteiger partial charge in [0.25, 0.3) is 0 Å². The van der Waals surface area contributed by atoms with Gasteiger partial charge in [0, 0.05) is 30.1 Å². The van der Waals surface area contributed by atoms with Crippen LogP contribution in [0.15, 0.2) is 48.5 Å².